The Bertz CT molecular complexity index is 799. The highest BCUT2D eigenvalue weighted by atomic mass is 35.5. The molecule has 1 aliphatic heterocycles. The largest absolute Gasteiger partial charge is 0.573 e. The minimum absolute atomic E-state index is 0. The van der Waals surface area contributed by atoms with Gasteiger partial charge < -0.3 is 10.1 Å². The van der Waals surface area contributed by atoms with Gasteiger partial charge in [-0.1, -0.05) is 46.9 Å². The molecule has 1 saturated heterocycles. The number of rotatable bonds is 4. The molecule has 11 heteroatoms. The first-order valence-electron chi connectivity index (χ1n) is 8.19. The summed E-state index contributed by atoms with van der Waals surface area (Å²) in [5.74, 6) is -0.277. The fourth-order valence-electron chi connectivity index (χ4n) is 3.15. The van der Waals surface area contributed by atoms with Crippen LogP contribution in [-0.4, -0.2) is 37.4 Å². The molecule has 2 aromatic rings. The van der Waals surface area contributed by atoms with Gasteiger partial charge in [-0.15, -0.1) is 38.0 Å². The van der Waals surface area contributed by atoms with Crippen LogP contribution in [0, 0.1) is 0 Å². The van der Waals surface area contributed by atoms with Crippen LogP contribution in [0.2, 0.25) is 15.1 Å². The minimum Gasteiger partial charge on any atom is -0.406 e. The summed E-state index contributed by atoms with van der Waals surface area (Å²) in [6.45, 7) is 3.06. The first-order valence-corrected chi connectivity index (χ1v) is 9.33. The molecule has 0 aliphatic carbocycles. The Morgan fingerprint density at radius 3 is 2.10 bits per heavy atom. The third-order valence-corrected chi connectivity index (χ3v) is 5.30. The molecule has 1 N–H and O–H groups in total. The lowest BCUT2D eigenvalue weighted by Crippen LogP contribution is -2.45. The molecule has 0 saturated carbocycles. The maximum Gasteiger partial charge on any atom is 0.573 e. The number of piperazine rings is 1. The summed E-state index contributed by atoms with van der Waals surface area (Å²) in [7, 11) is 0. The van der Waals surface area contributed by atoms with E-state index in [1.54, 1.807) is 24.3 Å². The topological polar surface area (TPSA) is 24.5 Å². The van der Waals surface area contributed by atoms with E-state index in [0.29, 0.717) is 20.6 Å². The van der Waals surface area contributed by atoms with Gasteiger partial charge in [0.25, 0.3) is 0 Å². The summed E-state index contributed by atoms with van der Waals surface area (Å²) in [5.41, 5.74) is 1.48. The van der Waals surface area contributed by atoms with E-state index in [1.165, 1.54) is 12.1 Å². The zero-order chi connectivity index (χ0) is 19.6. The molecule has 0 aromatic heterocycles. The lowest BCUT2D eigenvalue weighted by Gasteiger charge is -2.36. The van der Waals surface area contributed by atoms with Crippen LogP contribution in [0.1, 0.15) is 17.2 Å². The highest BCUT2D eigenvalue weighted by Crippen LogP contribution is 2.39. The predicted octanol–water partition coefficient (Wildman–Crippen LogP) is 6.38. The standard InChI is InChI=1S/C18H16Cl3F3N2O.2ClH/c19-12-9-14(16(21)15(20)10-12)17(26-7-5-25-6-8-26)11-1-3-13(4-2-11)27-18(22,23)24;;/h1-4,9-10,17,25H,5-8H2;2*1H/t17-;;/m0../s1. The lowest BCUT2D eigenvalue weighted by molar-refractivity contribution is -0.274. The van der Waals surface area contributed by atoms with Gasteiger partial charge in [-0.2, -0.15) is 0 Å². The van der Waals surface area contributed by atoms with E-state index in [2.05, 4.69) is 15.0 Å². The molecule has 1 atom stereocenters. The number of benzene rings is 2. The van der Waals surface area contributed by atoms with E-state index in [4.69, 9.17) is 34.8 Å². The predicted molar refractivity (Wildman–Crippen MR) is 115 cm³/mol. The quantitative estimate of drug-likeness (QED) is 0.481. The molecule has 0 unspecified atom stereocenters. The fourth-order valence-corrected chi connectivity index (χ4v) is 3.88. The molecular formula is C18H18Cl5F3N2O. The van der Waals surface area contributed by atoms with Gasteiger partial charge in [0.2, 0.25) is 0 Å². The second kappa shape index (κ2) is 11.1. The number of nitrogens with zero attached hydrogens (tertiary/aromatic N) is 1. The van der Waals surface area contributed by atoms with Gasteiger partial charge in [0.05, 0.1) is 16.1 Å². The maximum atomic E-state index is 12.4. The number of halogens is 8. The molecule has 0 amide bonds. The minimum atomic E-state index is -4.73. The Morgan fingerprint density at radius 2 is 1.55 bits per heavy atom. The van der Waals surface area contributed by atoms with Crippen molar-refractivity contribution in [3.63, 3.8) is 0 Å². The highest BCUT2D eigenvalue weighted by molar-refractivity contribution is 6.43. The van der Waals surface area contributed by atoms with E-state index in [-0.39, 0.29) is 36.6 Å². The van der Waals surface area contributed by atoms with Crippen molar-refractivity contribution >= 4 is 59.6 Å². The number of hydrogen-bond donors (Lipinski definition) is 1. The molecule has 29 heavy (non-hydrogen) atoms. The van der Waals surface area contributed by atoms with E-state index < -0.39 is 6.36 Å². The fraction of sp³-hybridized carbons (Fsp3) is 0.333. The number of hydrogen-bond acceptors (Lipinski definition) is 3. The summed E-state index contributed by atoms with van der Waals surface area (Å²) >= 11 is 18.8. The summed E-state index contributed by atoms with van der Waals surface area (Å²) in [6.07, 6.45) is -4.73. The van der Waals surface area contributed by atoms with Gasteiger partial charge in [0.15, 0.2) is 0 Å². The third-order valence-electron chi connectivity index (χ3n) is 4.26. The zero-order valence-electron chi connectivity index (χ0n) is 14.8. The number of nitrogens with one attached hydrogen (secondary N) is 1. The van der Waals surface area contributed by atoms with Crippen LogP contribution in [-0.2, 0) is 0 Å². The van der Waals surface area contributed by atoms with Gasteiger partial charge in [-0.05, 0) is 35.4 Å². The van der Waals surface area contributed by atoms with E-state index in [9.17, 15) is 13.2 Å². The Morgan fingerprint density at radius 1 is 0.966 bits per heavy atom. The second-order valence-corrected chi connectivity index (χ2v) is 7.32. The van der Waals surface area contributed by atoms with Crippen LogP contribution in [0.5, 0.6) is 5.75 Å². The highest BCUT2D eigenvalue weighted by Gasteiger charge is 2.31. The van der Waals surface area contributed by atoms with Crippen molar-refractivity contribution in [1.29, 1.82) is 0 Å². The molecule has 0 spiro atoms. The van der Waals surface area contributed by atoms with Crippen LogP contribution in [0.4, 0.5) is 13.2 Å². The van der Waals surface area contributed by atoms with Gasteiger partial charge in [0, 0.05) is 31.2 Å². The van der Waals surface area contributed by atoms with Gasteiger partial charge in [-0.3, -0.25) is 4.90 Å². The van der Waals surface area contributed by atoms with Crippen LogP contribution in [0.15, 0.2) is 36.4 Å². The first kappa shape index (κ1) is 26.4. The van der Waals surface area contributed by atoms with Crippen molar-refractivity contribution in [1.82, 2.24) is 10.2 Å². The van der Waals surface area contributed by atoms with Crippen molar-refractivity contribution in [2.24, 2.45) is 0 Å². The van der Waals surface area contributed by atoms with Crippen molar-refractivity contribution in [3.05, 3.63) is 62.6 Å². The monoisotopic (exact) mass is 510 g/mol. The van der Waals surface area contributed by atoms with Crippen LogP contribution in [0.25, 0.3) is 0 Å². The van der Waals surface area contributed by atoms with E-state index in [0.717, 1.165) is 31.7 Å². The molecule has 1 fully saturated rings. The Labute approximate surface area is 194 Å². The molecule has 0 radical (unpaired) electrons. The first-order chi connectivity index (χ1) is 12.7. The second-order valence-electron chi connectivity index (χ2n) is 6.10. The van der Waals surface area contributed by atoms with E-state index in [1.807, 2.05) is 0 Å². The molecule has 0 bridgehead atoms. The van der Waals surface area contributed by atoms with Crippen LogP contribution < -0.4 is 10.1 Å². The molecule has 162 valence electrons. The smallest absolute Gasteiger partial charge is 0.406 e. The molecular weight excluding hydrogens is 494 g/mol. The van der Waals surface area contributed by atoms with Crippen molar-refractivity contribution in [2.75, 3.05) is 26.2 Å². The van der Waals surface area contributed by atoms with Crippen molar-refractivity contribution in [3.8, 4) is 5.75 Å². The molecule has 2 aromatic carbocycles. The van der Waals surface area contributed by atoms with Gasteiger partial charge in [-0.25, -0.2) is 0 Å². The third kappa shape index (κ3) is 6.96. The number of ether oxygens (including phenoxy) is 1. The lowest BCUT2D eigenvalue weighted by atomic mass is 9.96. The summed E-state index contributed by atoms with van der Waals surface area (Å²) in [5, 5.41) is 4.42. The van der Waals surface area contributed by atoms with E-state index >= 15 is 0 Å². The SMILES string of the molecule is Cl.Cl.FC(F)(F)Oc1ccc([C@@H](c2cc(Cl)cc(Cl)c2Cl)N2CCNCC2)cc1. The summed E-state index contributed by atoms with van der Waals surface area (Å²) in [4.78, 5) is 2.18. The summed E-state index contributed by atoms with van der Waals surface area (Å²) in [6, 6.07) is 8.77. The van der Waals surface area contributed by atoms with Crippen LogP contribution >= 0.6 is 59.6 Å². The Hall–Kier alpha value is -0.600. The van der Waals surface area contributed by atoms with Crippen LogP contribution in [0.3, 0.4) is 0 Å². The zero-order valence-corrected chi connectivity index (χ0v) is 18.7. The number of alkyl halides is 3. The Kier molecular flexibility index (Phi) is 10.2. The Balaban J connectivity index is 0.00000210. The van der Waals surface area contributed by atoms with Crippen molar-refractivity contribution in [2.45, 2.75) is 12.4 Å². The normalized spacial score (nSPS) is 15.8. The van der Waals surface area contributed by atoms with Gasteiger partial charge in [0.1, 0.15) is 5.75 Å². The molecule has 1 heterocycles. The molecule has 3 rings (SSSR count). The average Bonchev–Trinajstić information content (AvgIpc) is 2.60. The van der Waals surface area contributed by atoms with Gasteiger partial charge >= 0.3 is 6.36 Å². The summed E-state index contributed by atoms with van der Waals surface area (Å²) < 4.78 is 41.2. The maximum absolute atomic E-state index is 12.4. The average molecular weight is 513 g/mol. The molecule has 3 nitrogen and oxygen atoms in total. The molecule has 1 aliphatic rings. The van der Waals surface area contributed by atoms with Crippen molar-refractivity contribution < 1.29 is 17.9 Å².